The molecule has 2 unspecified atom stereocenters. The van der Waals surface area contributed by atoms with Crippen LogP contribution < -0.4 is 5.32 Å². The minimum absolute atomic E-state index is 0.683. The van der Waals surface area contributed by atoms with Crippen molar-refractivity contribution in [2.75, 3.05) is 6.54 Å². The molecule has 1 aromatic rings. The Balaban J connectivity index is 2.19. The highest BCUT2D eigenvalue weighted by molar-refractivity contribution is 5.32. The van der Waals surface area contributed by atoms with E-state index in [1.54, 1.807) is 5.56 Å². The van der Waals surface area contributed by atoms with Crippen molar-refractivity contribution in [1.29, 1.82) is 0 Å². The Hall–Kier alpha value is -0.820. The summed E-state index contributed by atoms with van der Waals surface area (Å²) in [5.41, 5.74) is 3.13. The Morgan fingerprint density at radius 3 is 2.76 bits per heavy atom. The lowest BCUT2D eigenvalue weighted by Gasteiger charge is -2.23. The summed E-state index contributed by atoms with van der Waals surface area (Å²) < 4.78 is 0. The van der Waals surface area contributed by atoms with Crippen LogP contribution in [-0.2, 0) is 6.42 Å². The van der Waals surface area contributed by atoms with Gasteiger partial charge >= 0.3 is 0 Å². The van der Waals surface area contributed by atoms with E-state index in [2.05, 4.69) is 50.4 Å². The average molecular weight is 231 g/mol. The molecule has 1 aromatic carbocycles. The molecule has 1 heteroatoms. The molecule has 0 aromatic heterocycles. The van der Waals surface area contributed by atoms with Crippen molar-refractivity contribution in [3.05, 3.63) is 35.4 Å². The number of hydrogen-bond donors (Lipinski definition) is 1. The molecule has 1 nitrogen and oxygen atoms in total. The van der Waals surface area contributed by atoms with Gasteiger partial charge in [0.1, 0.15) is 0 Å². The largest absolute Gasteiger partial charge is 0.313 e. The van der Waals surface area contributed by atoms with E-state index < -0.39 is 0 Å². The highest BCUT2D eigenvalue weighted by Gasteiger charge is 2.29. The standard InChI is InChI=1S/C16H25N/c1-4-13-7-5-6-8-14(13)15-9-10-17-16(15)11-12(2)3/h5-8,12,15-17H,4,9-11H2,1-3H3. The summed E-state index contributed by atoms with van der Waals surface area (Å²) in [5, 5.41) is 3.69. The third kappa shape index (κ3) is 2.90. The molecule has 2 rings (SSSR count). The highest BCUT2D eigenvalue weighted by atomic mass is 14.9. The molecule has 0 radical (unpaired) electrons. The van der Waals surface area contributed by atoms with Crippen LogP contribution in [0.3, 0.4) is 0 Å². The van der Waals surface area contributed by atoms with E-state index in [0.29, 0.717) is 6.04 Å². The molecule has 1 heterocycles. The zero-order chi connectivity index (χ0) is 12.3. The van der Waals surface area contributed by atoms with Gasteiger partial charge in [-0.25, -0.2) is 0 Å². The molecule has 1 saturated heterocycles. The number of nitrogens with one attached hydrogen (secondary N) is 1. The van der Waals surface area contributed by atoms with Crippen molar-refractivity contribution in [3.8, 4) is 0 Å². The lowest BCUT2D eigenvalue weighted by molar-refractivity contribution is 0.433. The topological polar surface area (TPSA) is 12.0 Å². The number of benzene rings is 1. The van der Waals surface area contributed by atoms with Crippen molar-refractivity contribution in [1.82, 2.24) is 5.32 Å². The minimum atomic E-state index is 0.683. The first-order valence-electron chi connectivity index (χ1n) is 7.03. The second-order valence-corrected chi connectivity index (χ2v) is 5.64. The predicted molar refractivity (Wildman–Crippen MR) is 74.4 cm³/mol. The molecule has 1 N–H and O–H groups in total. The first-order valence-corrected chi connectivity index (χ1v) is 7.03. The summed E-state index contributed by atoms with van der Waals surface area (Å²) in [6.07, 6.45) is 3.75. The highest BCUT2D eigenvalue weighted by Crippen LogP contribution is 2.33. The molecular formula is C16H25N. The van der Waals surface area contributed by atoms with Gasteiger partial charge in [-0.3, -0.25) is 0 Å². The third-order valence-electron chi connectivity index (χ3n) is 3.91. The number of aryl methyl sites for hydroxylation is 1. The Kier molecular flexibility index (Phi) is 4.22. The van der Waals surface area contributed by atoms with E-state index in [9.17, 15) is 0 Å². The fourth-order valence-corrected chi connectivity index (χ4v) is 3.11. The van der Waals surface area contributed by atoms with Gasteiger partial charge in [-0.1, -0.05) is 45.0 Å². The van der Waals surface area contributed by atoms with Crippen LogP contribution in [-0.4, -0.2) is 12.6 Å². The van der Waals surface area contributed by atoms with Gasteiger partial charge in [0, 0.05) is 12.0 Å². The Labute approximate surface area is 106 Å². The van der Waals surface area contributed by atoms with Crippen LogP contribution in [0.2, 0.25) is 0 Å². The van der Waals surface area contributed by atoms with Crippen molar-refractivity contribution < 1.29 is 0 Å². The minimum Gasteiger partial charge on any atom is -0.313 e. The Morgan fingerprint density at radius 2 is 2.06 bits per heavy atom. The van der Waals surface area contributed by atoms with E-state index in [1.165, 1.54) is 24.9 Å². The van der Waals surface area contributed by atoms with Crippen LogP contribution in [0.25, 0.3) is 0 Å². The lowest BCUT2D eigenvalue weighted by atomic mass is 9.84. The molecule has 17 heavy (non-hydrogen) atoms. The number of rotatable bonds is 4. The normalized spacial score (nSPS) is 24.5. The van der Waals surface area contributed by atoms with Crippen LogP contribution in [0.4, 0.5) is 0 Å². The first kappa shape index (κ1) is 12.6. The summed E-state index contributed by atoms with van der Waals surface area (Å²) in [5.74, 6) is 1.51. The molecule has 0 spiro atoms. The first-order chi connectivity index (χ1) is 8.22. The van der Waals surface area contributed by atoms with Crippen LogP contribution in [0.1, 0.15) is 50.7 Å². The van der Waals surface area contributed by atoms with Crippen molar-refractivity contribution in [2.45, 2.75) is 52.0 Å². The van der Waals surface area contributed by atoms with Crippen molar-refractivity contribution >= 4 is 0 Å². The monoisotopic (exact) mass is 231 g/mol. The maximum atomic E-state index is 3.69. The Bertz CT molecular complexity index is 356. The molecule has 94 valence electrons. The average Bonchev–Trinajstić information content (AvgIpc) is 2.76. The zero-order valence-corrected chi connectivity index (χ0v) is 11.4. The maximum Gasteiger partial charge on any atom is 0.0139 e. The molecule has 0 bridgehead atoms. The van der Waals surface area contributed by atoms with Gasteiger partial charge in [0.25, 0.3) is 0 Å². The molecule has 1 aliphatic rings. The summed E-state index contributed by atoms with van der Waals surface area (Å²) >= 11 is 0. The molecular weight excluding hydrogens is 206 g/mol. The van der Waals surface area contributed by atoms with Crippen LogP contribution in [0.5, 0.6) is 0 Å². The van der Waals surface area contributed by atoms with Gasteiger partial charge in [0.05, 0.1) is 0 Å². The zero-order valence-electron chi connectivity index (χ0n) is 11.4. The Morgan fingerprint density at radius 1 is 1.29 bits per heavy atom. The fourth-order valence-electron chi connectivity index (χ4n) is 3.11. The summed E-state index contributed by atoms with van der Waals surface area (Å²) in [6, 6.07) is 9.67. The van der Waals surface area contributed by atoms with E-state index >= 15 is 0 Å². The lowest BCUT2D eigenvalue weighted by Crippen LogP contribution is -2.27. The van der Waals surface area contributed by atoms with Crippen LogP contribution in [0, 0.1) is 5.92 Å². The second kappa shape index (κ2) is 5.68. The van der Waals surface area contributed by atoms with E-state index in [-0.39, 0.29) is 0 Å². The predicted octanol–water partition coefficient (Wildman–Crippen LogP) is 3.74. The molecule has 2 atom stereocenters. The molecule has 0 saturated carbocycles. The van der Waals surface area contributed by atoms with E-state index in [1.807, 2.05) is 0 Å². The van der Waals surface area contributed by atoms with Crippen molar-refractivity contribution in [2.24, 2.45) is 5.92 Å². The molecule has 0 aliphatic carbocycles. The van der Waals surface area contributed by atoms with Crippen molar-refractivity contribution in [3.63, 3.8) is 0 Å². The maximum absolute atomic E-state index is 3.69. The van der Waals surface area contributed by atoms with Gasteiger partial charge in [-0.05, 0) is 42.9 Å². The molecule has 0 amide bonds. The SMILES string of the molecule is CCc1ccccc1C1CCNC1CC(C)C. The smallest absolute Gasteiger partial charge is 0.0139 e. The van der Waals surface area contributed by atoms with Gasteiger partial charge in [-0.2, -0.15) is 0 Å². The van der Waals surface area contributed by atoms with Crippen LogP contribution in [0.15, 0.2) is 24.3 Å². The second-order valence-electron chi connectivity index (χ2n) is 5.64. The quantitative estimate of drug-likeness (QED) is 0.832. The van der Waals surface area contributed by atoms with Gasteiger partial charge in [-0.15, -0.1) is 0 Å². The summed E-state index contributed by atoms with van der Waals surface area (Å²) in [7, 11) is 0. The van der Waals surface area contributed by atoms with E-state index in [4.69, 9.17) is 0 Å². The third-order valence-corrected chi connectivity index (χ3v) is 3.91. The summed E-state index contributed by atoms with van der Waals surface area (Å²) in [6.45, 7) is 8.09. The molecule has 1 fully saturated rings. The summed E-state index contributed by atoms with van der Waals surface area (Å²) in [4.78, 5) is 0. The number of hydrogen-bond acceptors (Lipinski definition) is 1. The van der Waals surface area contributed by atoms with Gasteiger partial charge in [0.15, 0.2) is 0 Å². The van der Waals surface area contributed by atoms with Gasteiger partial charge in [0.2, 0.25) is 0 Å². The van der Waals surface area contributed by atoms with Crippen LogP contribution >= 0.6 is 0 Å². The molecule has 1 aliphatic heterocycles. The fraction of sp³-hybridized carbons (Fsp3) is 0.625. The van der Waals surface area contributed by atoms with Gasteiger partial charge < -0.3 is 5.32 Å². The van der Waals surface area contributed by atoms with E-state index in [0.717, 1.165) is 18.3 Å².